The molecule has 1 saturated heterocycles. The zero-order valence-corrected chi connectivity index (χ0v) is 19.5. The van der Waals surface area contributed by atoms with Crippen molar-refractivity contribution in [3.05, 3.63) is 59.7 Å². The number of alkyl carbamates (subject to hydrolysis) is 1. The standard InChI is InChI=1S/C27H30N2O6/c30-18-13-17(24(31)32)14-29(15-18)25(33)27(11-5-6-12-27)28-26(34)35-16-23-21-9-3-1-7-19(21)20-8-2-4-10-22(20)23/h1-4,7-10,17-18,23,30H,5-6,11-16H2,(H,28,34)(H,31,32). The molecular weight excluding hydrogens is 448 g/mol. The molecule has 2 aromatic rings. The first-order valence-corrected chi connectivity index (χ1v) is 12.2. The number of carbonyl (C=O) groups is 3. The second-order valence-electron chi connectivity index (χ2n) is 9.87. The van der Waals surface area contributed by atoms with E-state index in [1.165, 1.54) is 4.90 Å². The van der Waals surface area contributed by atoms with Crippen molar-refractivity contribution in [3.8, 4) is 11.1 Å². The highest BCUT2D eigenvalue weighted by molar-refractivity contribution is 5.91. The minimum Gasteiger partial charge on any atom is -0.481 e. The molecule has 0 spiro atoms. The number of likely N-dealkylation sites (tertiary alicyclic amines) is 1. The Bertz CT molecular complexity index is 1100. The molecule has 3 aliphatic rings. The van der Waals surface area contributed by atoms with Crippen LogP contribution in [-0.2, 0) is 14.3 Å². The SMILES string of the molecule is O=C(NC1(C(=O)N2CC(O)CC(C(=O)O)C2)CCCC1)OCC1c2ccccc2-c2ccccc21. The number of benzene rings is 2. The third-order valence-corrected chi connectivity index (χ3v) is 7.62. The van der Waals surface area contributed by atoms with Crippen LogP contribution in [0.4, 0.5) is 4.79 Å². The highest BCUT2D eigenvalue weighted by atomic mass is 16.5. The first-order chi connectivity index (χ1) is 16.9. The Morgan fingerprint density at radius 2 is 1.57 bits per heavy atom. The Morgan fingerprint density at radius 3 is 2.17 bits per heavy atom. The number of hydrogen-bond donors (Lipinski definition) is 3. The van der Waals surface area contributed by atoms with Crippen LogP contribution in [-0.4, -0.2) is 64.4 Å². The van der Waals surface area contributed by atoms with Gasteiger partial charge in [0, 0.05) is 19.0 Å². The number of piperidine rings is 1. The van der Waals surface area contributed by atoms with E-state index in [0.717, 1.165) is 35.1 Å². The predicted molar refractivity (Wildman–Crippen MR) is 128 cm³/mol. The van der Waals surface area contributed by atoms with Crippen molar-refractivity contribution in [1.29, 1.82) is 0 Å². The summed E-state index contributed by atoms with van der Waals surface area (Å²) in [6.45, 7) is 0.240. The fourth-order valence-electron chi connectivity index (χ4n) is 5.92. The molecule has 2 fully saturated rings. The van der Waals surface area contributed by atoms with Gasteiger partial charge in [-0.05, 0) is 41.5 Å². The van der Waals surface area contributed by atoms with Gasteiger partial charge in [-0.2, -0.15) is 0 Å². The average molecular weight is 479 g/mol. The van der Waals surface area contributed by atoms with Crippen LogP contribution in [0.15, 0.2) is 48.5 Å². The van der Waals surface area contributed by atoms with Gasteiger partial charge in [0.25, 0.3) is 0 Å². The number of hydrogen-bond acceptors (Lipinski definition) is 5. The van der Waals surface area contributed by atoms with Gasteiger partial charge in [0.2, 0.25) is 5.91 Å². The normalized spacial score (nSPS) is 22.8. The number of aliphatic hydroxyl groups excluding tert-OH is 1. The molecule has 8 nitrogen and oxygen atoms in total. The number of aliphatic carboxylic acids is 1. The molecule has 0 radical (unpaired) electrons. The molecule has 5 rings (SSSR count). The molecule has 1 aliphatic heterocycles. The maximum Gasteiger partial charge on any atom is 0.408 e. The van der Waals surface area contributed by atoms with Crippen molar-refractivity contribution in [2.75, 3.05) is 19.7 Å². The second kappa shape index (κ2) is 9.34. The largest absolute Gasteiger partial charge is 0.481 e. The number of carboxylic acid groups (broad SMARTS) is 1. The molecular formula is C27H30N2O6. The number of amides is 2. The molecule has 1 heterocycles. The third-order valence-electron chi connectivity index (χ3n) is 7.62. The van der Waals surface area contributed by atoms with Gasteiger partial charge in [0.15, 0.2) is 0 Å². The molecule has 2 unspecified atom stereocenters. The van der Waals surface area contributed by atoms with Crippen molar-refractivity contribution in [2.24, 2.45) is 5.92 Å². The van der Waals surface area contributed by atoms with Crippen LogP contribution in [0.1, 0.15) is 49.1 Å². The van der Waals surface area contributed by atoms with E-state index in [-0.39, 0.29) is 37.9 Å². The minimum absolute atomic E-state index is 0.0271. The molecule has 2 aromatic carbocycles. The van der Waals surface area contributed by atoms with E-state index in [0.29, 0.717) is 12.8 Å². The lowest BCUT2D eigenvalue weighted by Gasteiger charge is -2.39. The molecule has 0 bridgehead atoms. The van der Waals surface area contributed by atoms with E-state index in [2.05, 4.69) is 17.4 Å². The van der Waals surface area contributed by atoms with Gasteiger partial charge in [0.1, 0.15) is 12.1 Å². The number of rotatable bonds is 5. The van der Waals surface area contributed by atoms with Crippen molar-refractivity contribution in [3.63, 3.8) is 0 Å². The van der Waals surface area contributed by atoms with Crippen molar-refractivity contribution >= 4 is 18.0 Å². The smallest absolute Gasteiger partial charge is 0.408 e. The van der Waals surface area contributed by atoms with Gasteiger partial charge in [-0.15, -0.1) is 0 Å². The van der Waals surface area contributed by atoms with Crippen LogP contribution in [0.25, 0.3) is 11.1 Å². The van der Waals surface area contributed by atoms with Gasteiger partial charge in [-0.1, -0.05) is 61.4 Å². The maximum atomic E-state index is 13.5. The molecule has 3 N–H and O–H groups in total. The van der Waals surface area contributed by atoms with Crippen LogP contribution in [0.3, 0.4) is 0 Å². The summed E-state index contributed by atoms with van der Waals surface area (Å²) in [7, 11) is 0. The van der Waals surface area contributed by atoms with E-state index in [4.69, 9.17) is 4.74 Å². The Morgan fingerprint density at radius 1 is 0.971 bits per heavy atom. The summed E-state index contributed by atoms with van der Waals surface area (Å²) in [6.07, 6.45) is 1.02. The summed E-state index contributed by atoms with van der Waals surface area (Å²) >= 11 is 0. The molecule has 2 amide bonds. The number of carbonyl (C=O) groups excluding carboxylic acids is 2. The van der Waals surface area contributed by atoms with Crippen LogP contribution >= 0.6 is 0 Å². The molecule has 184 valence electrons. The average Bonchev–Trinajstić information content (AvgIpc) is 3.45. The number of β-amino-alcohol motifs (C(OH)–C–C–N with tert-alkyl or cyclic N) is 1. The number of carboxylic acids is 1. The highest BCUT2D eigenvalue weighted by Crippen LogP contribution is 2.44. The van der Waals surface area contributed by atoms with E-state index >= 15 is 0 Å². The fraction of sp³-hybridized carbons (Fsp3) is 0.444. The number of nitrogens with one attached hydrogen (secondary N) is 1. The van der Waals surface area contributed by atoms with E-state index < -0.39 is 29.6 Å². The fourth-order valence-corrected chi connectivity index (χ4v) is 5.92. The van der Waals surface area contributed by atoms with Gasteiger partial charge in [-0.25, -0.2) is 4.79 Å². The van der Waals surface area contributed by atoms with Crippen LogP contribution < -0.4 is 5.32 Å². The van der Waals surface area contributed by atoms with Crippen molar-refractivity contribution in [2.45, 2.75) is 49.7 Å². The Labute approximate surface area is 203 Å². The van der Waals surface area contributed by atoms with Gasteiger partial charge >= 0.3 is 12.1 Å². The van der Waals surface area contributed by atoms with Crippen LogP contribution in [0.5, 0.6) is 0 Å². The molecule has 2 aliphatic carbocycles. The topological polar surface area (TPSA) is 116 Å². The van der Waals surface area contributed by atoms with Crippen molar-refractivity contribution < 1.29 is 29.3 Å². The first-order valence-electron chi connectivity index (χ1n) is 12.2. The zero-order chi connectivity index (χ0) is 24.6. The predicted octanol–water partition coefficient (Wildman–Crippen LogP) is 3.13. The summed E-state index contributed by atoms with van der Waals surface area (Å²) in [6, 6.07) is 16.2. The Kier molecular flexibility index (Phi) is 6.23. The number of aliphatic hydroxyl groups is 1. The molecule has 2 atom stereocenters. The summed E-state index contributed by atoms with van der Waals surface area (Å²) in [5, 5.41) is 22.4. The minimum atomic E-state index is -1.14. The Hall–Kier alpha value is -3.39. The monoisotopic (exact) mass is 478 g/mol. The lowest BCUT2D eigenvalue weighted by atomic mass is 9.91. The first kappa shape index (κ1) is 23.4. The van der Waals surface area contributed by atoms with Gasteiger partial charge in [0.05, 0.1) is 12.0 Å². The third kappa shape index (κ3) is 4.38. The second-order valence-corrected chi connectivity index (χ2v) is 9.87. The molecule has 8 heteroatoms. The zero-order valence-electron chi connectivity index (χ0n) is 19.5. The summed E-state index contributed by atoms with van der Waals surface area (Å²) in [4.78, 5) is 39.4. The Balaban J connectivity index is 1.29. The lowest BCUT2D eigenvalue weighted by Crippen LogP contribution is -2.61. The summed E-state index contributed by atoms with van der Waals surface area (Å²) < 4.78 is 5.68. The quantitative estimate of drug-likeness (QED) is 0.608. The van der Waals surface area contributed by atoms with Gasteiger partial charge < -0.3 is 25.2 Å². The molecule has 35 heavy (non-hydrogen) atoms. The number of ether oxygens (including phenoxy) is 1. The lowest BCUT2D eigenvalue weighted by molar-refractivity contribution is -0.151. The summed E-state index contributed by atoms with van der Waals surface area (Å²) in [5.41, 5.74) is 3.35. The van der Waals surface area contributed by atoms with E-state index in [9.17, 15) is 24.6 Å². The number of nitrogens with zero attached hydrogens (tertiary/aromatic N) is 1. The highest BCUT2D eigenvalue weighted by Gasteiger charge is 2.47. The molecule has 1 saturated carbocycles. The van der Waals surface area contributed by atoms with Crippen LogP contribution in [0.2, 0.25) is 0 Å². The van der Waals surface area contributed by atoms with Gasteiger partial charge in [-0.3, -0.25) is 9.59 Å². The summed E-state index contributed by atoms with van der Waals surface area (Å²) in [5.74, 6) is -2.28. The van der Waals surface area contributed by atoms with Crippen molar-refractivity contribution in [1.82, 2.24) is 10.2 Å². The number of fused-ring (bicyclic) bond motifs is 3. The molecule has 0 aromatic heterocycles. The maximum absolute atomic E-state index is 13.5. The van der Waals surface area contributed by atoms with Crippen LogP contribution in [0, 0.1) is 5.92 Å². The van der Waals surface area contributed by atoms with E-state index in [1.54, 1.807) is 0 Å². The van der Waals surface area contributed by atoms with E-state index in [1.807, 2.05) is 36.4 Å².